The van der Waals surface area contributed by atoms with Crippen molar-refractivity contribution in [2.75, 3.05) is 7.11 Å². The minimum Gasteiger partial charge on any atom is -0.345 e. The number of nitrogens with zero attached hydrogens (tertiary/aromatic N) is 1. The Kier molecular flexibility index (Phi) is 3.77. The fourth-order valence-electron chi connectivity index (χ4n) is 0.772. The summed E-state index contributed by atoms with van der Waals surface area (Å²) in [6.07, 6.45) is 3.58. The predicted octanol–water partition coefficient (Wildman–Crippen LogP) is 2.52. The Bertz CT molecular complexity index is 245. The zero-order valence-corrected chi connectivity index (χ0v) is 10.1. The summed E-state index contributed by atoms with van der Waals surface area (Å²) < 4.78 is 5.61. The molecule has 3 nitrogen and oxygen atoms in total. The molecule has 0 radical (unpaired) electrons. The van der Waals surface area contributed by atoms with Gasteiger partial charge in [-0.2, -0.15) is 0 Å². The first kappa shape index (κ1) is 11.0. The number of imidazole rings is 1. The van der Waals surface area contributed by atoms with Gasteiger partial charge >= 0.3 is 0 Å². The van der Waals surface area contributed by atoms with Crippen LogP contribution < -0.4 is 5.57 Å². The first-order valence-electron chi connectivity index (χ1n) is 4.05. The summed E-state index contributed by atoms with van der Waals surface area (Å²) in [6, 6.07) is 0. The number of aromatic nitrogens is 2. The van der Waals surface area contributed by atoms with E-state index in [1.807, 2.05) is 17.6 Å². The molecule has 0 fully saturated rings. The molecule has 1 atom stereocenters. The summed E-state index contributed by atoms with van der Waals surface area (Å²) in [5, 5.41) is 0. The maximum atomic E-state index is 5.40. The van der Waals surface area contributed by atoms with Crippen LogP contribution in [0, 0.1) is 0 Å². The second-order valence-corrected chi connectivity index (χ2v) is 7.81. The fraction of sp³-hybridized carbons (Fsp3) is 0.625. The van der Waals surface area contributed by atoms with Crippen LogP contribution in [0.5, 0.6) is 0 Å². The van der Waals surface area contributed by atoms with Gasteiger partial charge in [-0.25, -0.2) is 4.98 Å². The number of aromatic amines is 1. The molecule has 1 N–H and O–H groups in total. The Labute approximate surface area is 84.3 Å². The fourth-order valence-corrected chi connectivity index (χ4v) is 4.22. The van der Waals surface area contributed by atoms with Gasteiger partial charge in [-0.05, 0) is 0 Å². The molecule has 0 aromatic carbocycles. The van der Waals surface area contributed by atoms with Crippen LogP contribution in [0.15, 0.2) is 12.4 Å². The zero-order chi connectivity index (χ0) is 9.90. The molecular formula is C8H15N2OPS. The van der Waals surface area contributed by atoms with Gasteiger partial charge in [-0.3, -0.25) is 0 Å². The molecule has 0 amide bonds. The van der Waals surface area contributed by atoms with Crippen LogP contribution in [0.4, 0.5) is 0 Å². The molecule has 0 aliphatic carbocycles. The smallest absolute Gasteiger partial charge is 0.167 e. The van der Waals surface area contributed by atoms with E-state index in [0.717, 1.165) is 5.57 Å². The van der Waals surface area contributed by atoms with Crippen LogP contribution in [-0.4, -0.2) is 21.8 Å². The number of hydrogen-bond donors (Lipinski definition) is 1. The second-order valence-electron chi connectivity index (χ2n) is 3.56. The van der Waals surface area contributed by atoms with Gasteiger partial charge in [0.15, 0.2) is 12.9 Å². The predicted molar refractivity (Wildman–Crippen MR) is 59.5 cm³/mol. The average molecular weight is 218 g/mol. The third-order valence-electron chi connectivity index (χ3n) is 1.18. The zero-order valence-electron chi connectivity index (χ0n) is 8.37. The Morgan fingerprint density at radius 3 is 2.62 bits per heavy atom. The Balaban J connectivity index is 2.64. The Morgan fingerprint density at radius 2 is 2.23 bits per heavy atom. The lowest BCUT2D eigenvalue weighted by molar-refractivity contribution is 0.477. The van der Waals surface area contributed by atoms with Gasteiger partial charge in [0.25, 0.3) is 0 Å². The quantitative estimate of drug-likeness (QED) is 0.792. The topological polar surface area (TPSA) is 37.9 Å². The van der Waals surface area contributed by atoms with Crippen molar-refractivity contribution in [1.29, 1.82) is 0 Å². The minimum absolute atomic E-state index is 0.203. The van der Waals surface area contributed by atoms with Crippen molar-refractivity contribution in [2.24, 2.45) is 0 Å². The summed E-state index contributed by atoms with van der Waals surface area (Å²) in [4.78, 5) is 7.28. The maximum absolute atomic E-state index is 5.40. The maximum Gasteiger partial charge on any atom is 0.167 e. The van der Waals surface area contributed by atoms with Crippen molar-refractivity contribution in [1.82, 2.24) is 9.97 Å². The number of H-pyrrole nitrogens is 1. The van der Waals surface area contributed by atoms with Crippen molar-refractivity contribution < 1.29 is 4.52 Å². The van der Waals surface area contributed by atoms with Crippen LogP contribution in [0.3, 0.4) is 0 Å². The molecule has 1 aromatic heterocycles. The molecule has 74 valence electrons. The highest BCUT2D eigenvalue weighted by Crippen LogP contribution is 2.54. The SMILES string of the molecule is COP(SC(C)(C)C)c1ncc[nH]1. The Morgan fingerprint density at radius 1 is 1.54 bits per heavy atom. The van der Waals surface area contributed by atoms with Crippen LogP contribution in [-0.2, 0) is 4.52 Å². The molecule has 0 aliphatic heterocycles. The van der Waals surface area contributed by atoms with Crippen LogP contribution >= 0.6 is 18.7 Å². The average Bonchev–Trinajstić information content (AvgIpc) is 2.50. The lowest BCUT2D eigenvalue weighted by atomic mass is 10.3. The molecule has 1 heterocycles. The Hall–Kier alpha value is -0.0500. The number of nitrogens with one attached hydrogen (secondary N) is 1. The van der Waals surface area contributed by atoms with Crippen LogP contribution in [0.25, 0.3) is 0 Å². The van der Waals surface area contributed by atoms with E-state index in [4.69, 9.17) is 4.52 Å². The minimum atomic E-state index is -0.655. The third kappa shape index (κ3) is 3.67. The monoisotopic (exact) mass is 218 g/mol. The highest BCUT2D eigenvalue weighted by Gasteiger charge is 2.22. The van der Waals surface area contributed by atoms with E-state index in [9.17, 15) is 0 Å². The summed E-state index contributed by atoms with van der Waals surface area (Å²) in [5.74, 6) is 0. The van der Waals surface area contributed by atoms with Gasteiger partial charge in [0, 0.05) is 24.3 Å². The summed E-state index contributed by atoms with van der Waals surface area (Å²) >= 11 is 1.81. The van der Waals surface area contributed by atoms with Crippen LogP contribution in [0.2, 0.25) is 0 Å². The lowest BCUT2D eigenvalue weighted by Crippen LogP contribution is -2.12. The molecule has 0 aliphatic rings. The van der Waals surface area contributed by atoms with Crippen molar-refractivity contribution in [3.05, 3.63) is 12.4 Å². The van der Waals surface area contributed by atoms with Crippen molar-refractivity contribution in [3.63, 3.8) is 0 Å². The summed E-state index contributed by atoms with van der Waals surface area (Å²) in [6.45, 7) is 6.53. The molecule has 5 heteroatoms. The van der Waals surface area contributed by atoms with E-state index < -0.39 is 7.35 Å². The van der Waals surface area contributed by atoms with E-state index in [1.165, 1.54) is 0 Å². The van der Waals surface area contributed by atoms with E-state index in [2.05, 4.69) is 30.7 Å². The van der Waals surface area contributed by atoms with Crippen molar-refractivity contribution in [2.45, 2.75) is 25.5 Å². The first-order chi connectivity index (χ1) is 6.03. The molecule has 0 saturated carbocycles. The van der Waals surface area contributed by atoms with Crippen LogP contribution in [0.1, 0.15) is 20.8 Å². The van der Waals surface area contributed by atoms with Gasteiger partial charge in [0.05, 0.1) is 0 Å². The van der Waals surface area contributed by atoms with Gasteiger partial charge in [0.2, 0.25) is 0 Å². The lowest BCUT2D eigenvalue weighted by Gasteiger charge is -2.22. The van der Waals surface area contributed by atoms with E-state index >= 15 is 0 Å². The molecule has 1 unspecified atom stereocenters. The van der Waals surface area contributed by atoms with Crippen molar-refractivity contribution in [3.8, 4) is 0 Å². The molecule has 0 bridgehead atoms. The van der Waals surface area contributed by atoms with E-state index in [-0.39, 0.29) is 4.75 Å². The van der Waals surface area contributed by atoms with Gasteiger partial charge < -0.3 is 9.51 Å². The molecule has 13 heavy (non-hydrogen) atoms. The highest BCUT2D eigenvalue weighted by atomic mass is 32.7. The van der Waals surface area contributed by atoms with E-state index in [0.29, 0.717) is 0 Å². The summed E-state index contributed by atoms with van der Waals surface area (Å²) in [7, 11) is 1.07. The van der Waals surface area contributed by atoms with Gasteiger partial charge in [-0.1, -0.05) is 32.2 Å². The molecular weight excluding hydrogens is 203 g/mol. The van der Waals surface area contributed by atoms with Gasteiger partial charge in [-0.15, -0.1) is 0 Å². The van der Waals surface area contributed by atoms with E-state index in [1.54, 1.807) is 13.3 Å². The third-order valence-corrected chi connectivity index (χ3v) is 5.92. The second kappa shape index (κ2) is 4.45. The highest BCUT2D eigenvalue weighted by molar-refractivity contribution is 8.56. The molecule has 1 aromatic rings. The number of rotatable bonds is 3. The standard InChI is InChI=1S/C8H15N2OPS/c1-8(2,3)13-12(11-4)7-9-5-6-10-7/h5-6H,1-4H3,(H,9,10). The summed E-state index contributed by atoms with van der Waals surface area (Å²) in [5.41, 5.74) is 0.942. The van der Waals surface area contributed by atoms with Gasteiger partial charge in [0.1, 0.15) is 0 Å². The normalized spacial score (nSPS) is 14.5. The molecule has 0 spiro atoms. The largest absolute Gasteiger partial charge is 0.345 e. The molecule has 1 rings (SSSR count). The van der Waals surface area contributed by atoms with Crippen molar-refractivity contribution >= 4 is 24.3 Å². The first-order valence-corrected chi connectivity index (χ1v) is 6.74. The molecule has 0 saturated heterocycles. The number of hydrogen-bond acceptors (Lipinski definition) is 3.